The van der Waals surface area contributed by atoms with Crippen LogP contribution in [0.15, 0.2) is 35.3 Å². The summed E-state index contributed by atoms with van der Waals surface area (Å²) in [5.74, 6) is 0.479. The molecule has 0 aromatic heterocycles. The average Bonchev–Trinajstić information content (AvgIpc) is 2.66. The molecule has 1 fully saturated rings. The number of hydrogen-bond acceptors (Lipinski definition) is 2. The molecule has 1 atom stereocenters. The molecule has 1 unspecified atom stereocenters. The third kappa shape index (κ3) is 5.43. The normalized spacial score (nSPS) is 21.2. The average molecular weight is 419 g/mol. The minimum Gasteiger partial charge on any atom is -0.353 e. The molecule has 0 spiro atoms. The summed E-state index contributed by atoms with van der Waals surface area (Å²) < 4.78 is 1.15. The number of aryl methyl sites for hydroxylation is 1. The molecule has 1 saturated heterocycles. The van der Waals surface area contributed by atoms with Crippen molar-refractivity contribution in [2.75, 3.05) is 19.6 Å². The van der Waals surface area contributed by atoms with Crippen molar-refractivity contribution in [3.05, 3.63) is 46.5 Å². The second-order valence-electron chi connectivity index (χ2n) is 7.76. The van der Waals surface area contributed by atoms with Crippen molar-refractivity contribution in [1.29, 1.82) is 0 Å². The van der Waals surface area contributed by atoms with Crippen molar-refractivity contribution in [3.8, 4) is 0 Å². The van der Waals surface area contributed by atoms with Gasteiger partial charge >= 0.3 is 0 Å². The van der Waals surface area contributed by atoms with E-state index in [-0.39, 0.29) is 11.8 Å². The van der Waals surface area contributed by atoms with E-state index < -0.39 is 0 Å². The number of likely N-dealkylation sites (tertiary alicyclic amines) is 1. The van der Waals surface area contributed by atoms with Gasteiger partial charge in [-0.3, -0.25) is 4.79 Å². The number of carbonyl (C=O) groups is 1. The lowest BCUT2D eigenvalue weighted by Gasteiger charge is -2.33. The summed E-state index contributed by atoms with van der Waals surface area (Å²) >= 11 is 3.55. The minimum absolute atomic E-state index is 0.200. The fourth-order valence-corrected chi connectivity index (χ4v) is 4.62. The predicted octanol–water partition coefficient (Wildman–Crippen LogP) is 4.49. The van der Waals surface area contributed by atoms with Crippen LogP contribution in [-0.4, -0.2) is 36.5 Å². The van der Waals surface area contributed by atoms with Crippen LogP contribution in [0.25, 0.3) is 0 Å². The number of carbonyl (C=O) groups excluding carboxylic acids is 1. The summed E-state index contributed by atoms with van der Waals surface area (Å²) in [5, 5.41) is 3.34. The molecule has 4 heteroatoms. The van der Waals surface area contributed by atoms with E-state index in [0.717, 1.165) is 62.6 Å². The Balaban J connectivity index is 1.41. The molecule has 26 heavy (non-hydrogen) atoms. The number of benzene rings is 1. The monoisotopic (exact) mass is 418 g/mol. The van der Waals surface area contributed by atoms with Gasteiger partial charge in [-0.25, -0.2) is 0 Å². The van der Waals surface area contributed by atoms with E-state index in [1.165, 1.54) is 24.0 Å². The second-order valence-corrected chi connectivity index (χ2v) is 8.68. The number of hydrogen-bond donors (Lipinski definition) is 1. The Kier molecular flexibility index (Phi) is 7.32. The molecule has 0 saturated carbocycles. The lowest BCUT2D eigenvalue weighted by atomic mass is 9.87. The number of piperidine rings is 1. The number of nitrogens with one attached hydrogen (secondary N) is 1. The van der Waals surface area contributed by atoms with Gasteiger partial charge < -0.3 is 10.2 Å². The smallest absolute Gasteiger partial charge is 0.223 e. The predicted molar refractivity (Wildman–Crippen MR) is 111 cm³/mol. The zero-order valence-electron chi connectivity index (χ0n) is 15.7. The van der Waals surface area contributed by atoms with E-state index >= 15 is 0 Å². The maximum Gasteiger partial charge on any atom is 0.223 e. The van der Waals surface area contributed by atoms with Crippen LogP contribution in [0.4, 0.5) is 0 Å². The molecular formula is C22H31BrN2O. The third-order valence-corrected chi connectivity index (χ3v) is 6.33. The molecule has 0 bridgehead atoms. The number of rotatable bonds is 7. The van der Waals surface area contributed by atoms with Crippen LogP contribution in [0, 0.1) is 5.92 Å². The highest BCUT2D eigenvalue weighted by Gasteiger charge is 2.27. The van der Waals surface area contributed by atoms with Crippen molar-refractivity contribution >= 4 is 21.8 Å². The van der Waals surface area contributed by atoms with E-state index in [2.05, 4.69) is 50.9 Å². The summed E-state index contributed by atoms with van der Waals surface area (Å²) in [7, 11) is 0. The van der Waals surface area contributed by atoms with Crippen LogP contribution in [0.2, 0.25) is 0 Å². The molecular weight excluding hydrogens is 388 g/mol. The molecule has 1 aliphatic carbocycles. The highest BCUT2D eigenvalue weighted by Crippen LogP contribution is 2.25. The highest BCUT2D eigenvalue weighted by molar-refractivity contribution is 9.10. The number of amides is 1. The Morgan fingerprint density at radius 2 is 2.04 bits per heavy atom. The Morgan fingerprint density at radius 1 is 1.23 bits per heavy atom. The van der Waals surface area contributed by atoms with Crippen molar-refractivity contribution < 1.29 is 4.79 Å². The third-order valence-electron chi connectivity index (χ3n) is 5.83. The number of halogens is 1. The number of fused-ring (bicyclic) bond motifs is 1. The summed E-state index contributed by atoms with van der Waals surface area (Å²) in [6, 6.07) is 6.82. The quantitative estimate of drug-likeness (QED) is 0.522. The maximum atomic E-state index is 12.7. The molecule has 1 aliphatic heterocycles. The van der Waals surface area contributed by atoms with Crippen LogP contribution in [0.1, 0.15) is 49.7 Å². The van der Waals surface area contributed by atoms with Gasteiger partial charge in [-0.2, -0.15) is 0 Å². The molecule has 1 amide bonds. The van der Waals surface area contributed by atoms with Gasteiger partial charge in [-0.15, -0.1) is 6.58 Å². The Hall–Kier alpha value is -1.13. The highest BCUT2D eigenvalue weighted by atomic mass is 79.9. The van der Waals surface area contributed by atoms with Crippen LogP contribution in [-0.2, 0) is 17.6 Å². The zero-order chi connectivity index (χ0) is 18.4. The largest absolute Gasteiger partial charge is 0.353 e. The van der Waals surface area contributed by atoms with Crippen LogP contribution < -0.4 is 5.32 Å². The van der Waals surface area contributed by atoms with Gasteiger partial charge in [0.05, 0.1) is 0 Å². The van der Waals surface area contributed by atoms with Gasteiger partial charge in [0.2, 0.25) is 5.91 Å². The topological polar surface area (TPSA) is 32.3 Å². The van der Waals surface area contributed by atoms with Gasteiger partial charge in [-0.1, -0.05) is 28.1 Å². The van der Waals surface area contributed by atoms with Gasteiger partial charge in [0.25, 0.3) is 0 Å². The second kappa shape index (κ2) is 9.70. The SMILES string of the molecule is C=CCCCCN1CCC(C(=O)NC2CCc3cc(Br)ccc3C2)CC1. The summed E-state index contributed by atoms with van der Waals surface area (Å²) in [4.78, 5) is 15.2. The first-order valence-electron chi connectivity index (χ1n) is 10.1. The fraction of sp³-hybridized carbons (Fsp3) is 0.591. The van der Waals surface area contributed by atoms with E-state index in [9.17, 15) is 4.79 Å². The van der Waals surface area contributed by atoms with Gasteiger partial charge in [-0.05, 0) is 94.3 Å². The lowest BCUT2D eigenvalue weighted by Crippen LogP contribution is -2.45. The van der Waals surface area contributed by atoms with Crippen molar-refractivity contribution in [3.63, 3.8) is 0 Å². The van der Waals surface area contributed by atoms with E-state index in [1.807, 2.05) is 6.08 Å². The number of nitrogens with zero attached hydrogens (tertiary/aromatic N) is 1. The molecule has 2 aliphatic rings. The van der Waals surface area contributed by atoms with Gasteiger partial charge in [0.1, 0.15) is 0 Å². The first kappa shape index (κ1) is 19.6. The molecule has 1 heterocycles. The van der Waals surface area contributed by atoms with E-state index in [1.54, 1.807) is 0 Å². The van der Waals surface area contributed by atoms with E-state index in [0.29, 0.717) is 6.04 Å². The summed E-state index contributed by atoms with van der Waals surface area (Å²) in [6.45, 7) is 7.07. The summed E-state index contributed by atoms with van der Waals surface area (Å²) in [6.07, 6.45) is 10.7. The molecule has 3 rings (SSSR count). The van der Waals surface area contributed by atoms with Gasteiger partial charge in [0.15, 0.2) is 0 Å². The summed E-state index contributed by atoms with van der Waals surface area (Å²) in [5.41, 5.74) is 2.81. The molecule has 3 nitrogen and oxygen atoms in total. The first-order valence-corrected chi connectivity index (χ1v) is 10.9. The Morgan fingerprint density at radius 3 is 2.81 bits per heavy atom. The van der Waals surface area contributed by atoms with Crippen LogP contribution in [0.5, 0.6) is 0 Å². The molecule has 1 aromatic rings. The van der Waals surface area contributed by atoms with Crippen molar-refractivity contribution in [2.45, 2.75) is 57.4 Å². The minimum atomic E-state index is 0.200. The lowest BCUT2D eigenvalue weighted by molar-refractivity contribution is -0.127. The van der Waals surface area contributed by atoms with Crippen molar-refractivity contribution in [1.82, 2.24) is 10.2 Å². The molecule has 1 N–H and O–H groups in total. The zero-order valence-corrected chi connectivity index (χ0v) is 17.3. The van der Waals surface area contributed by atoms with E-state index in [4.69, 9.17) is 0 Å². The number of allylic oxidation sites excluding steroid dienone is 1. The van der Waals surface area contributed by atoms with Crippen LogP contribution >= 0.6 is 15.9 Å². The Bertz CT molecular complexity index is 623. The molecule has 142 valence electrons. The van der Waals surface area contributed by atoms with Crippen LogP contribution in [0.3, 0.4) is 0 Å². The van der Waals surface area contributed by atoms with Crippen molar-refractivity contribution in [2.24, 2.45) is 5.92 Å². The number of unbranched alkanes of at least 4 members (excludes halogenated alkanes) is 2. The first-order chi connectivity index (χ1) is 12.7. The maximum absolute atomic E-state index is 12.7. The molecule has 0 radical (unpaired) electrons. The molecule has 1 aromatic carbocycles. The van der Waals surface area contributed by atoms with Gasteiger partial charge in [0, 0.05) is 16.4 Å². The standard InChI is InChI=1S/C22H31BrN2O/c1-2-3-4-5-12-25-13-10-17(11-14-25)22(26)24-21-9-7-18-15-20(23)8-6-19(18)16-21/h2,6,8,15,17,21H,1,3-5,7,9-14,16H2,(H,24,26). The Labute approximate surface area is 166 Å². The fourth-order valence-electron chi connectivity index (χ4n) is 4.21.